The maximum absolute atomic E-state index is 12.0. The van der Waals surface area contributed by atoms with Crippen LogP contribution in [0.4, 0.5) is 0 Å². The number of nitro groups is 2. The standard InChI is InChI=1S/C32H23N3O6/c1-2-33-25-13-11-21(31-27(34(36)37)17-19-7-3-5-9-29(19)40-31)15-23(25)24-16-22(12-14-26(24)33)32-28(35(38)39)18-20-8-4-6-10-30(20)41-32/h3-18,31-32H,2H2,1H3. The van der Waals surface area contributed by atoms with E-state index < -0.39 is 22.1 Å². The lowest BCUT2D eigenvalue weighted by Gasteiger charge is -2.23. The van der Waals surface area contributed by atoms with Crippen molar-refractivity contribution in [3.05, 3.63) is 139 Å². The number of ether oxygens (including phenoxy) is 2. The molecule has 0 bridgehead atoms. The van der Waals surface area contributed by atoms with Gasteiger partial charge in [-0.2, -0.15) is 0 Å². The molecule has 4 aromatic carbocycles. The lowest BCUT2D eigenvalue weighted by molar-refractivity contribution is -0.434. The molecule has 2 aliphatic heterocycles. The Morgan fingerprint density at radius 1 is 0.683 bits per heavy atom. The van der Waals surface area contributed by atoms with E-state index in [2.05, 4.69) is 4.57 Å². The second-order valence-electron chi connectivity index (χ2n) is 10.0. The van der Waals surface area contributed by atoms with Crippen molar-refractivity contribution in [2.45, 2.75) is 25.7 Å². The van der Waals surface area contributed by atoms with Crippen LogP contribution in [0.1, 0.15) is 41.4 Å². The molecule has 202 valence electrons. The van der Waals surface area contributed by atoms with Crippen molar-refractivity contribution >= 4 is 34.0 Å². The van der Waals surface area contributed by atoms with Crippen LogP contribution in [0.15, 0.2) is 96.3 Å². The maximum atomic E-state index is 12.0. The van der Waals surface area contributed by atoms with E-state index in [1.54, 1.807) is 36.4 Å². The van der Waals surface area contributed by atoms with Crippen molar-refractivity contribution in [2.75, 3.05) is 0 Å². The van der Waals surface area contributed by atoms with Gasteiger partial charge in [0.05, 0.1) is 9.85 Å². The van der Waals surface area contributed by atoms with Crippen LogP contribution in [0.3, 0.4) is 0 Å². The van der Waals surface area contributed by atoms with E-state index in [0.717, 1.165) is 21.8 Å². The number of aryl methyl sites for hydroxylation is 1. The third kappa shape index (κ3) is 3.93. The summed E-state index contributed by atoms with van der Waals surface area (Å²) in [4.78, 5) is 23.3. The SMILES string of the molecule is CCn1c2ccc(C3Oc4ccccc4C=C3[N+](=O)[O-])cc2c2cc(C3Oc4ccccc4C=C3[N+](=O)[O-])ccc21. The van der Waals surface area contributed by atoms with E-state index in [9.17, 15) is 20.2 Å². The molecule has 7 rings (SSSR count). The van der Waals surface area contributed by atoms with Crippen molar-refractivity contribution < 1.29 is 19.3 Å². The largest absolute Gasteiger partial charge is 0.474 e. The zero-order chi connectivity index (χ0) is 28.2. The lowest BCUT2D eigenvalue weighted by atomic mass is 9.97. The van der Waals surface area contributed by atoms with Gasteiger partial charge in [-0.15, -0.1) is 0 Å². The van der Waals surface area contributed by atoms with E-state index in [0.29, 0.717) is 40.3 Å². The molecule has 1 aromatic heterocycles. The minimum absolute atomic E-state index is 0.0435. The topological polar surface area (TPSA) is 110 Å². The Labute approximate surface area is 233 Å². The van der Waals surface area contributed by atoms with Crippen LogP contribution in [-0.2, 0) is 6.54 Å². The molecule has 0 saturated carbocycles. The molecule has 2 unspecified atom stereocenters. The monoisotopic (exact) mass is 545 g/mol. The Balaban J connectivity index is 1.38. The summed E-state index contributed by atoms with van der Waals surface area (Å²) in [6.07, 6.45) is 1.33. The normalized spacial score (nSPS) is 17.6. The predicted octanol–water partition coefficient (Wildman–Crippen LogP) is 7.32. The number of rotatable bonds is 5. The van der Waals surface area contributed by atoms with Crippen molar-refractivity contribution in [2.24, 2.45) is 0 Å². The van der Waals surface area contributed by atoms with Gasteiger partial charge in [-0.3, -0.25) is 20.2 Å². The number of aromatic nitrogens is 1. The molecule has 0 radical (unpaired) electrons. The molecule has 2 aliphatic rings. The second-order valence-corrected chi connectivity index (χ2v) is 10.0. The maximum Gasteiger partial charge on any atom is 0.291 e. The molecule has 0 saturated heterocycles. The second kappa shape index (κ2) is 9.34. The van der Waals surface area contributed by atoms with Gasteiger partial charge >= 0.3 is 0 Å². The van der Waals surface area contributed by atoms with E-state index >= 15 is 0 Å². The molecule has 9 heteroatoms. The summed E-state index contributed by atoms with van der Waals surface area (Å²) in [5, 5.41) is 25.8. The van der Waals surface area contributed by atoms with Crippen LogP contribution >= 0.6 is 0 Å². The van der Waals surface area contributed by atoms with Gasteiger partial charge in [0, 0.05) is 62.8 Å². The Bertz CT molecular complexity index is 1830. The summed E-state index contributed by atoms with van der Waals surface area (Å²) in [5.74, 6) is 1.16. The first kappa shape index (κ1) is 24.6. The number of para-hydroxylation sites is 2. The van der Waals surface area contributed by atoms with Crippen LogP contribution in [0, 0.1) is 20.2 Å². The minimum atomic E-state index is -0.894. The van der Waals surface area contributed by atoms with Gasteiger partial charge in [-0.25, -0.2) is 0 Å². The highest BCUT2D eigenvalue weighted by Gasteiger charge is 2.35. The molecule has 3 heterocycles. The lowest BCUT2D eigenvalue weighted by Crippen LogP contribution is -2.19. The zero-order valence-corrected chi connectivity index (χ0v) is 21.9. The summed E-state index contributed by atoms with van der Waals surface area (Å²) in [6, 6.07) is 25.9. The third-order valence-corrected chi connectivity index (χ3v) is 7.73. The molecule has 41 heavy (non-hydrogen) atoms. The van der Waals surface area contributed by atoms with Crippen LogP contribution in [-0.4, -0.2) is 14.4 Å². The van der Waals surface area contributed by atoms with Gasteiger partial charge in [-0.1, -0.05) is 48.5 Å². The van der Waals surface area contributed by atoms with Gasteiger partial charge in [0.15, 0.2) is 0 Å². The molecule has 2 atom stereocenters. The highest BCUT2D eigenvalue weighted by molar-refractivity contribution is 6.08. The minimum Gasteiger partial charge on any atom is -0.474 e. The number of nitrogens with zero attached hydrogens (tertiary/aromatic N) is 3. The fourth-order valence-corrected chi connectivity index (χ4v) is 5.84. The van der Waals surface area contributed by atoms with E-state index in [-0.39, 0.29) is 11.4 Å². The molecular formula is C32H23N3O6. The van der Waals surface area contributed by atoms with Gasteiger partial charge in [0.25, 0.3) is 11.4 Å². The molecule has 0 amide bonds. The average molecular weight is 546 g/mol. The Morgan fingerprint density at radius 3 is 1.54 bits per heavy atom. The van der Waals surface area contributed by atoms with Gasteiger partial charge in [-0.05, 0) is 43.3 Å². The number of fused-ring (bicyclic) bond motifs is 5. The molecular weight excluding hydrogens is 522 g/mol. The molecule has 9 nitrogen and oxygen atoms in total. The number of hydrogen-bond donors (Lipinski definition) is 0. The summed E-state index contributed by atoms with van der Waals surface area (Å²) < 4.78 is 14.5. The zero-order valence-electron chi connectivity index (χ0n) is 21.9. The average Bonchev–Trinajstić information content (AvgIpc) is 3.31. The van der Waals surface area contributed by atoms with E-state index in [4.69, 9.17) is 9.47 Å². The van der Waals surface area contributed by atoms with E-state index in [1.165, 1.54) is 0 Å². The van der Waals surface area contributed by atoms with Crippen molar-refractivity contribution in [3.63, 3.8) is 0 Å². The Hall–Kier alpha value is -5.44. The Kier molecular flexibility index (Phi) is 5.60. The summed E-state index contributed by atoms with van der Waals surface area (Å²) >= 11 is 0. The predicted molar refractivity (Wildman–Crippen MR) is 155 cm³/mol. The van der Waals surface area contributed by atoms with Gasteiger partial charge < -0.3 is 14.0 Å². The molecule has 5 aromatic rings. The molecule has 0 aliphatic carbocycles. The van der Waals surface area contributed by atoms with Crippen LogP contribution in [0.25, 0.3) is 34.0 Å². The first-order valence-electron chi connectivity index (χ1n) is 13.2. The highest BCUT2D eigenvalue weighted by Crippen LogP contribution is 2.42. The van der Waals surface area contributed by atoms with Crippen molar-refractivity contribution in [3.8, 4) is 11.5 Å². The quantitative estimate of drug-likeness (QED) is 0.169. The van der Waals surface area contributed by atoms with Crippen LogP contribution < -0.4 is 9.47 Å². The molecule has 0 N–H and O–H groups in total. The van der Waals surface area contributed by atoms with Gasteiger partial charge in [0.1, 0.15) is 11.5 Å². The number of benzene rings is 4. The highest BCUT2D eigenvalue weighted by atomic mass is 16.6. The van der Waals surface area contributed by atoms with Crippen LogP contribution in [0.2, 0.25) is 0 Å². The Morgan fingerprint density at radius 2 is 1.12 bits per heavy atom. The van der Waals surface area contributed by atoms with Crippen molar-refractivity contribution in [1.29, 1.82) is 0 Å². The molecule has 0 fully saturated rings. The fraction of sp³-hybridized carbons (Fsp3) is 0.125. The third-order valence-electron chi connectivity index (χ3n) is 7.73. The van der Waals surface area contributed by atoms with Gasteiger partial charge in [0.2, 0.25) is 12.2 Å². The number of hydrogen-bond acceptors (Lipinski definition) is 6. The van der Waals surface area contributed by atoms with Crippen molar-refractivity contribution in [1.82, 2.24) is 4.57 Å². The summed E-state index contributed by atoms with van der Waals surface area (Å²) in [6.45, 7) is 2.74. The molecule has 0 spiro atoms. The summed E-state index contributed by atoms with van der Waals surface area (Å²) in [5.41, 5.74) is 4.42. The van der Waals surface area contributed by atoms with E-state index in [1.807, 2.05) is 67.6 Å². The summed E-state index contributed by atoms with van der Waals surface area (Å²) in [7, 11) is 0. The smallest absolute Gasteiger partial charge is 0.291 e. The fourth-order valence-electron chi connectivity index (χ4n) is 5.84. The first-order valence-corrected chi connectivity index (χ1v) is 13.2. The van der Waals surface area contributed by atoms with Crippen LogP contribution in [0.5, 0.6) is 11.5 Å². The first-order chi connectivity index (χ1) is 19.9.